The fourth-order valence-electron chi connectivity index (χ4n) is 1.60. The maximum Gasteiger partial charge on any atom is 0.410 e. The zero-order chi connectivity index (χ0) is 20.4. The van der Waals surface area contributed by atoms with Crippen LogP contribution in [0.1, 0.15) is 41.5 Å². The van der Waals surface area contributed by atoms with E-state index in [1.165, 1.54) is 12.0 Å². The molecule has 0 aliphatic carbocycles. The Morgan fingerprint density at radius 3 is 2.00 bits per heavy atom. The van der Waals surface area contributed by atoms with Crippen molar-refractivity contribution in [3.63, 3.8) is 0 Å². The SMILES string of the molecule is COCCN(CC(=O)OCCNC(=O)OC(C)(C)C)C(=O)OC(C)(C)C. The van der Waals surface area contributed by atoms with Crippen LogP contribution in [-0.2, 0) is 23.7 Å². The highest BCUT2D eigenvalue weighted by molar-refractivity contribution is 5.78. The summed E-state index contributed by atoms with van der Waals surface area (Å²) in [7, 11) is 1.49. The predicted molar refractivity (Wildman–Crippen MR) is 94.9 cm³/mol. The average Bonchev–Trinajstić information content (AvgIpc) is 2.44. The van der Waals surface area contributed by atoms with Crippen molar-refractivity contribution in [1.82, 2.24) is 10.2 Å². The molecule has 0 aromatic carbocycles. The highest BCUT2D eigenvalue weighted by atomic mass is 16.6. The predicted octanol–water partition coefficient (Wildman–Crippen LogP) is 1.94. The van der Waals surface area contributed by atoms with Gasteiger partial charge < -0.3 is 24.3 Å². The van der Waals surface area contributed by atoms with Gasteiger partial charge >= 0.3 is 18.2 Å². The van der Waals surface area contributed by atoms with E-state index >= 15 is 0 Å². The monoisotopic (exact) mass is 376 g/mol. The number of esters is 1. The van der Waals surface area contributed by atoms with Crippen LogP contribution in [0.4, 0.5) is 9.59 Å². The summed E-state index contributed by atoms with van der Waals surface area (Å²) in [5, 5.41) is 2.47. The van der Waals surface area contributed by atoms with Gasteiger partial charge in [-0.05, 0) is 41.5 Å². The number of nitrogens with zero attached hydrogens (tertiary/aromatic N) is 1. The first-order valence-corrected chi connectivity index (χ1v) is 8.43. The van der Waals surface area contributed by atoms with Crippen molar-refractivity contribution in [1.29, 1.82) is 0 Å². The molecule has 0 aliphatic rings. The smallest absolute Gasteiger partial charge is 0.410 e. The van der Waals surface area contributed by atoms with Crippen molar-refractivity contribution in [3.05, 3.63) is 0 Å². The molecule has 152 valence electrons. The number of alkyl carbamates (subject to hydrolysis) is 1. The molecular formula is C17H32N2O7. The lowest BCUT2D eigenvalue weighted by Crippen LogP contribution is -2.42. The molecule has 2 amide bonds. The molecule has 0 radical (unpaired) electrons. The van der Waals surface area contributed by atoms with Gasteiger partial charge in [-0.2, -0.15) is 0 Å². The van der Waals surface area contributed by atoms with E-state index in [0.717, 1.165) is 0 Å². The molecular weight excluding hydrogens is 344 g/mol. The number of amides is 2. The van der Waals surface area contributed by atoms with Crippen LogP contribution in [0.2, 0.25) is 0 Å². The third-order valence-corrected chi connectivity index (χ3v) is 2.57. The lowest BCUT2D eigenvalue weighted by atomic mass is 10.2. The molecule has 9 nitrogen and oxygen atoms in total. The highest BCUT2D eigenvalue weighted by Gasteiger charge is 2.24. The van der Waals surface area contributed by atoms with Crippen LogP contribution in [0.25, 0.3) is 0 Å². The summed E-state index contributed by atoms with van der Waals surface area (Å²) in [5.74, 6) is -0.613. The van der Waals surface area contributed by atoms with Gasteiger partial charge in [0, 0.05) is 13.7 Å². The largest absolute Gasteiger partial charge is 0.462 e. The van der Waals surface area contributed by atoms with E-state index in [0.29, 0.717) is 0 Å². The first-order chi connectivity index (χ1) is 11.8. The van der Waals surface area contributed by atoms with Crippen molar-refractivity contribution < 1.29 is 33.3 Å². The topological polar surface area (TPSA) is 103 Å². The molecule has 0 aromatic rings. The summed E-state index contributed by atoms with van der Waals surface area (Å²) in [4.78, 5) is 36.7. The van der Waals surface area contributed by atoms with Crippen molar-refractivity contribution >= 4 is 18.2 Å². The molecule has 0 heterocycles. The van der Waals surface area contributed by atoms with Gasteiger partial charge in [-0.3, -0.25) is 9.69 Å². The minimum absolute atomic E-state index is 0.0372. The molecule has 0 saturated heterocycles. The molecule has 0 unspecified atom stereocenters. The van der Waals surface area contributed by atoms with Gasteiger partial charge in [0.1, 0.15) is 24.4 Å². The van der Waals surface area contributed by atoms with E-state index in [1.807, 2.05) is 0 Å². The Morgan fingerprint density at radius 2 is 1.50 bits per heavy atom. The number of nitrogens with one attached hydrogen (secondary N) is 1. The lowest BCUT2D eigenvalue weighted by molar-refractivity contribution is -0.144. The van der Waals surface area contributed by atoms with E-state index in [4.69, 9.17) is 18.9 Å². The summed E-state index contributed by atoms with van der Waals surface area (Å²) in [5.41, 5.74) is -1.28. The number of rotatable bonds is 8. The fraction of sp³-hybridized carbons (Fsp3) is 0.824. The Hall–Kier alpha value is -2.03. The van der Waals surface area contributed by atoms with Crippen LogP contribution in [-0.4, -0.2) is 74.2 Å². The van der Waals surface area contributed by atoms with Gasteiger partial charge in [0.15, 0.2) is 0 Å². The average molecular weight is 376 g/mol. The van der Waals surface area contributed by atoms with Crippen LogP contribution < -0.4 is 5.32 Å². The summed E-state index contributed by atoms with van der Waals surface area (Å²) < 4.78 is 20.3. The second kappa shape index (κ2) is 10.8. The Kier molecular flexibility index (Phi) is 10.0. The van der Waals surface area contributed by atoms with Gasteiger partial charge in [0.25, 0.3) is 0 Å². The molecule has 0 aliphatic heterocycles. The number of hydrogen-bond donors (Lipinski definition) is 1. The summed E-state index contributed by atoms with van der Waals surface area (Å²) >= 11 is 0. The molecule has 1 N–H and O–H groups in total. The highest BCUT2D eigenvalue weighted by Crippen LogP contribution is 2.10. The Balaban J connectivity index is 4.32. The normalized spacial score (nSPS) is 11.5. The number of carbonyl (C=O) groups excluding carboxylic acids is 3. The van der Waals surface area contributed by atoms with E-state index in [2.05, 4.69) is 5.32 Å². The van der Waals surface area contributed by atoms with Crippen LogP contribution in [0.15, 0.2) is 0 Å². The third-order valence-electron chi connectivity index (χ3n) is 2.57. The molecule has 0 atom stereocenters. The first-order valence-electron chi connectivity index (χ1n) is 8.43. The molecule has 0 bridgehead atoms. The number of carbonyl (C=O) groups is 3. The van der Waals surface area contributed by atoms with Gasteiger partial charge in [-0.25, -0.2) is 9.59 Å². The Morgan fingerprint density at radius 1 is 0.923 bits per heavy atom. The number of hydrogen-bond acceptors (Lipinski definition) is 7. The van der Waals surface area contributed by atoms with Crippen molar-refractivity contribution in [2.75, 3.05) is 40.0 Å². The summed E-state index contributed by atoms with van der Waals surface area (Å²) in [6.45, 7) is 10.7. The number of methoxy groups -OCH3 is 1. The van der Waals surface area contributed by atoms with E-state index < -0.39 is 29.4 Å². The molecule has 26 heavy (non-hydrogen) atoms. The van der Waals surface area contributed by atoms with Gasteiger partial charge in [-0.15, -0.1) is 0 Å². The molecule has 0 saturated carbocycles. The van der Waals surface area contributed by atoms with Gasteiger partial charge in [-0.1, -0.05) is 0 Å². The maximum absolute atomic E-state index is 12.1. The van der Waals surface area contributed by atoms with Crippen molar-refractivity contribution in [3.8, 4) is 0 Å². The van der Waals surface area contributed by atoms with Gasteiger partial charge in [0.2, 0.25) is 0 Å². The van der Waals surface area contributed by atoms with Crippen LogP contribution in [0, 0.1) is 0 Å². The summed E-state index contributed by atoms with van der Waals surface area (Å²) in [6.07, 6.45) is -1.22. The van der Waals surface area contributed by atoms with E-state index in [-0.39, 0.29) is 32.8 Å². The Labute approximate surface area is 155 Å². The van der Waals surface area contributed by atoms with Crippen molar-refractivity contribution in [2.24, 2.45) is 0 Å². The minimum atomic E-state index is -0.677. The van der Waals surface area contributed by atoms with Crippen LogP contribution >= 0.6 is 0 Å². The summed E-state index contributed by atoms with van der Waals surface area (Å²) in [6, 6.07) is 0. The quantitative estimate of drug-likeness (QED) is 0.392. The third kappa shape index (κ3) is 13.3. The lowest BCUT2D eigenvalue weighted by Gasteiger charge is -2.26. The minimum Gasteiger partial charge on any atom is -0.462 e. The maximum atomic E-state index is 12.1. The van der Waals surface area contributed by atoms with Gasteiger partial charge in [0.05, 0.1) is 13.2 Å². The molecule has 0 spiro atoms. The zero-order valence-corrected chi connectivity index (χ0v) is 16.8. The van der Waals surface area contributed by atoms with Crippen LogP contribution in [0.5, 0.6) is 0 Å². The molecule has 0 aromatic heterocycles. The van der Waals surface area contributed by atoms with Crippen LogP contribution in [0.3, 0.4) is 0 Å². The van der Waals surface area contributed by atoms with E-state index in [1.54, 1.807) is 41.5 Å². The first kappa shape index (κ1) is 24.0. The van der Waals surface area contributed by atoms with Crippen molar-refractivity contribution in [2.45, 2.75) is 52.7 Å². The zero-order valence-electron chi connectivity index (χ0n) is 16.8. The van der Waals surface area contributed by atoms with E-state index in [9.17, 15) is 14.4 Å². The Bertz CT molecular complexity index is 467. The second-order valence-electron chi connectivity index (χ2n) is 7.54. The number of ether oxygens (including phenoxy) is 4. The second-order valence-corrected chi connectivity index (χ2v) is 7.54. The molecule has 0 rings (SSSR count). The molecule has 0 fully saturated rings. The fourth-order valence-corrected chi connectivity index (χ4v) is 1.60. The molecule has 9 heteroatoms. The standard InChI is InChI=1S/C17H32N2O7/c1-16(2,3)25-14(21)18-8-10-24-13(20)12-19(9-11-23-7)15(22)26-17(4,5)6/h8-12H2,1-7H3,(H,18,21).